The molecule has 1 N–H and O–H groups in total. The monoisotopic (exact) mass is 512 g/mol. The zero-order valence-corrected chi connectivity index (χ0v) is 22.4. The molecule has 1 aromatic carbocycles. The van der Waals surface area contributed by atoms with Crippen molar-refractivity contribution in [3.05, 3.63) is 89.5 Å². The van der Waals surface area contributed by atoms with Crippen molar-refractivity contribution in [1.82, 2.24) is 24.8 Å². The van der Waals surface area contributed by atoms with Gasteiger partial charge < -0.3 is 19.5 Å². The largest absolute Gasteiger partial charge is 0.491 e. The Hall–Kier alpha value is -4.04. The number of pyridine rings is 1. The molecule has 0 saturated carbocycles. The van der Waals surface area contributed by atoms with E-state index in [0.29, 0.717) is 31.9 Å². The van der Waals surface area contributed by atoms with Crippen molar-refractivity contribution in [1.29, 1.82) is 0 Å². The summed E-state index contributed by atoms with van der Waals surface area (Å²) in [6.07, 6.45) is 7.35. The summed E-state index contributed by atoms with van der Waals surface area (Å²) >= 11 is 0. The van der Waals surface area contributed by atoms with E-state index in [-0.39, 0.29) is 5.83 Å². The van der Waals surface area contributed by atoms with Crippen molar-refractivity contribution in [2.45, 2.75) is 26.8 Å². The van der Waals surface area contributed by atoms with Crippen LogP contribution in [0.25, 0.3) is 22.3 Å². The molecule has 0 spiro atoms. The summed E-state index contributed by atoms with van der Waals surface area (Å²) in [4.78, 5) is 21.2. The molecule has 2 aliphatic rings. The Morgan fingerprint density at radius 2 is 2.08 bits per heavy atom. The lowest BCUT2D eigenvalue weighted by Gasteiger charge is -2.28. The second kappa shape index (κ2) is 10.8. The van der Waals surface area contributed by atoms with Crippen LogP contribution in [-0.4, -0.2) is 64.3 Å². The highest BCUT2D eigenvalue weighted by Gasteiger charge is 2.22. The number of rotatable bonds is 6. The number of nitrogens with one attached hydrogen (secondary N) is 1. The highest BCUT2D eigenvalue weighted by Crippen LogP contribution is 2.33. The van der Waals surface area contributed by atoms with Crippen molar-refractivity contribution in [2.24, 2.45) is 4.99 Å². The van der Waals surface area contributed by atoms with Crippen molar-refractivity contribution >= 4 is 16.9 Å². The van der Waals surface area contributed by atoms with Gasteiger partial charge in [-0.05, 0) is 69.4 Å². The number of likely N-dealkylation sites (N-methyl/N-ethyl adjacent to an activating group) is 1. The van der Waals surface area contributed by atoms with Gasteiger partial charge in [-0.2, -0.15) is 0 Å². The number of fused-ring (bicyclic) bond motifs is 2. The van der Waals surface area contributed by atoms with Gasteiger partial charge in [-0.15, -0.1) is 0 Å². The third-order valence-corrected chi connectivity index (χ3v) is 6.59. The maximum Gasteiger partial charge on any atom is 0.177 e. The molecule has 2 aromatic heterocycles. The molecule has 0 fully saturated rings. The minimum Gasteiger partial charge on any atom is -0.491 e. The van der Waals surface area contributed by atoms with Crippen LogP contribution in [0.2, 0.25) is 0 Å². The minimum atomic E-state index is -0.284. The SMILES string of the molecule is C=C(CN(C)C)N=C1C=CC(F)=C/C1=C(/CC)N1CCOc2ccc(-c3cnc4nc(C)[nH]c4c3)cc2C1. The van der Waals surface area contributed by atoms with E-state index < -0.39 is 0 Å². The molecule has 0 amide bonds. The summed E-state index contributed by atoms with van der Waals surface area (Å²) in [7, 11) is 3.95. The Morgan fingerprint density at radius 3 is 2.87 bits per heavy atom. The number of ether oxygens (including phenoxy) is 1. The highest BCUT2D eigenvalue weighted by atomic mass is 19.1. The molecule has 8 heteroatoms. The summed E-state index contributed by atoms with van der Waals surface area (Å²) in [5, 5.41) is 0. The average molecular weight is 513 g/mol. The molecule has 0 atom stereocenters. The molecule has 3 heterocycles. The van der Waals surface area contributed by atoms with Crippen LogP contribution in [0.4, 0.5) is 4.39 Å². The molecule has 3 aromatic rings. The van der Waals surface area contributed by atoms with Gasteiger partial charge in [-0.25, -0.2) is 14.4 Å². The Labute approximate surface area is 222 Å². The minimum absolute atomic E-state index is 0.284. The molecule has 0 unspecified atom stereocenters. The second-order valence-corrected chi connectivity index (χ2v) is 9.89. The van der Waals surface area contributed by atoms with Gasteiger partial charge in [0.25, 0.3) is 0 Å². The maximum atomic E-state index is 14.5. The number of nitrogens with zero attached hydrogens (tertiary/aromatic N) is 5. The van der Waals surface area contributed by atoms with Crippen molar-refractivity contribution in [3.63, 3.8) is 0 Å². The third-order valence-electron chi connectivity index (χ3n) is 6.59. The van der Waals surface area contributed by atoms with Crippen LogP contribution in [0.15, 0.2) is 83.1 Å². The number of hydrogen-bond donors (Lipinski definition) is 1. The fourth-order valence-corrected chi connectivity index (χ4v) is 4.97. The predicted molar refractivity (Wildman–Crippen MR) is 151 cm³/mol. The van der Waals surface area contributed by atoms with Crippen LogP contribution in [0.3, 0.4) is 0 Å². The van der Waals surface area contributed by atoms with E-state index in [9.17, 15) is 4.39 Å². The number of halogens is 1. The first kappa shape index (κ1) is 25.6. The predicted octanol–water partition coefficient (Wildman–Crippen LogP) is 5.73. The number of imidazole rings is 1. The van der Waals surface area contributed by atoms with Crippen LogP contribution in [0.1, 0.15) is 24.7 Å². The van der Waals surface area contributed by atoms with E-state index in [1.807, 2.05) is 38.2 Å². The van der Waals surface area contributed by atoms with Crippen molar-refractivity contribution in [2.75, 3.05) is 33.8 Å². The number of hydrogen-bond acceptors (Lipinski definition) is 6. The first-order chi connectivity index (χ1) is 18.3. The van der Waals surface area contributed by atoms with Gasteiger partial charge in [0.1, 0.15) is 24.0 Å². The number of aliphatic imine (C=N–C) groups is 1. The molecule has 0 bridgehead atoms. The fourth-order valence-electron chi connectivity index (χ4n) is 4.97. The average Bonchev–Trinajstić information content (AvgIpc) is 3.12. The summed E-state index contributed by atoms with van der Waals surface area (Å²) in [6.45, 7) is 10.6. The lowest BCUT2D eigenvalue weighted by molar-refractivity contribution is 0.259. The first-order valence-corrected chi connectivity index (χ1v) is 12.8. The Balaban J connectivity index is 1.50. The number of aromatic amines is 1. The smallest absolute Gasteiger partial charge is 0.177 e. The molecular formula is C30H33FN6O. The summed E-state index contributed by atoms with van der Waals surface area (Å²) < 4.78 is 20.6. The molecule has 7 nitrogen and oxygen atoms in total. The van der Waals surface area contributed by atoms with E-state index in [0.717, 1.165) is 62.9 Å². The zero-order valence-electron chi connectivity index (χ0n) is 22.4. The van der Waals surface area contributed by atoms with Crippen LogP contribution in [-0.2, 0) is 6.54 Å². The van der Waals surface area contributed by atoms with E-state index in [1.165, 1.54) is 6.08 Å². The van der Waals surface area contributed by atoms with Crippen LogP contribution in [0.5, 0.6) is 5.75 Å². The number of aryl methyl sites for hydroxylation is 1. The topological polar surface area (TPSA) is 69.6 Å². The number of H-pyrrole nitrogens is 1. The molecule has 1 aliphatic heterocycles. The van der Waals surface area contributed by atoms with Gasteiger partial charge >= 0.3 is 0 Å². The van der Waals surface area contributed by atoms with Gasteiger partial charge in [0.15, 0.2) is 5.65 Å². The molecule has 5 rings (SSSR count). The van der Waals surface area contributed by atoms with E-state index >= 15 is 0 Å². The lowest BCUT2D eigenvalue weighted by Crippen LogP contribution is -2.27. The summed E-state index contributed by atoms with van der Waals surface area (Å²) in [6, 6.07) is 8.31. The molecule has 196 valence electrons. The van der Waals surface area contributed by atoms with Crippen molar-refractivity contribution in [3.8, 4) is 16.9 Å². The summed E-state index contributed by atoms with van der Waals surface area (Å²) in [5.41, 5.74) is 8.01. The van der Waals surface area contributed by atoms with Crippen LogP contribution < -0.4 is 4.74 Å². The van der Waals surface area contributed by atoms with E-state index in [2.05, 4.69) is 51.6 Å². The van der Waals surface area contributed by atoms with E-state index in [4.69, 9.17) is 9.73 Å². The third kappa shape index (κ3) is 5.45. The van der Waals surface area contributed by atoms with Gasteiger partial charge in [-0.3, -0.25) is 4.99 Å². The Kier molecular flexibility index (Phi) is 7.24. The van der Waals surface area contributed by atoms with Gasteiger partial charge in [0, 0.05) is 47.4 Å². The molecule has 0 saturated heterocycles. The molecule has 38 heavy (non-hydrogen) atoms. The van der Waals surface area contributed by atoms with Crippen LogP contribution in [0, 0.1) is 6.92 Å². The Morgan fingerprint density at radius 1 is 1.24 bits per heavy atom. The maximum absolute atomic E-state index is 14.5. The molecule has 0 radical (unpaired) electrons. The lowest BCUT2D eigenvalue weighted by atomic mass is 9.99. The zero-order chi connectivity index (χ0) is 26.8. The summed E-state index contributed by atoms with van der Waals surface area (Å²) in [5.74, 6) is 1.42. The molecular weight excluding hydrogens is 479 g/mol. The Bertz CT molecular complexity index is 1510. The normalized spacial score (nSPS) is 17.9. The molecule has 1 aliphatic carbocycles. The quantitative estimate of drug-likeness (QED) is 0.457. The van der Waals surface area contributed by atoms with Gasteiger partial charge in [0.05, 0.1) is 17.8 Å². The first-order valence-electron chi connectivity index (χ1n) is 12.8. The number of benzene rings is 1. The fraction of sp³-hybridized carbons (Fsp3) is 0.300. The van der Waals surface area contributed by atoms with Crippen molar-refractivity contribution < 1.29 is 9.13 Å². The number of allylic oxidation sites excluding steroid dienone is 6. The van der Waals surface area contributed by atoms with Crippen LogP contribution >= 0.6 is 0 Å². The standard InChI is InChI=1S/C30H33FN6O/c1-6-28(25-15-24(31)8-9-26(25)33-19(2)17-36(4)5)37-11-12-38-29-10-7-21(13-23(29)18-37)22-14-27-30(32-16-22)35-20(3)34-27/h7-10,13-16H,2,6,11-12,17-18H2,1,3-5H3,(H,32,34,35)/b28-25+,33-26?. The van der Waals surface area contributed by atoms with Gasteiger partial charge in [0.2, 0.25) is 0 Å². The second-order valence-electron chi connectivity index (χ2n) is 9.89. The van der Waals surface area contributed by atoms with Gasteiger partial charge in [-0.1, -0.05) is 19.6 Å². The number of aromatic nitrogens is 3. The highest BCUT2D eigenvalue weighted by molar-refractivity contribution is 6.12. The van der Waals surface area contributed by atoms with E-state index in [1.54, 1.807) is 12.2 Å².